The second-order valence-corrected chi connectivity index (χ2v) is 6.46. The van der Waals surface area contributed by atoms with Crippen molar-refractivity contribution in [3.05, 3.63) is 60.7 Å². The van der Waals surface area contributed by atoms with Gasteiger partial charge in [0.2, 0.25) is 0 Å². The maximum absolute atomic E-state index is 12.0. The lowest BCUT2D eigenvalue weighted by atomic mass is 10.0. The Kier molecular flexibility index (Phi) is 4.67. The van der Waals surface area contributed by atoms with Crippen molar-refractivity contribution in [2.24, 2.45) is 0 Å². The molecule has 0 atom stereocenters. The summed E-state index contributed by atoms with van der Waals surface area (Å²) >= 11 is 0. The molecule has 2 aliphatic heterocycles. The molecule has 0 aromatic heterocycles. The monoisotopic (exact) mass is 404 g/mol. The second kappa shape index (κ2) is 7.32. The van der Waals surface area contributed by atoms with Gasteiger partial charge >= 0.3 is 0 Å². The van der Waals surface area contributed by atoms with Crippen LogP contribution in [0, 0.1) is 0 Å². The highest BCUT2D eigenvalue weighted by Crippen LogP contribution is 2.38. The fraction of sp³-hybridized carbons (Fsp3) is 0.0909. The van der Waals surface area contributed by atoms with Crippen LogP contribution < -0.4 is 19.3 Å². The number of carbonyl (C=O) groups is 4. The van der Waals surface area contributed by atoms with Crippen LogP contribution in [0.2, 0.25) is 0 Å². The summed E-state index contributed by atoms with van der Waals surface area (Å²) in [6, 6.07) is 10.1. The first-order valence-corrected chi connectivity index (χ1v) is 8.93. The maximum Gasteiger partial charge on any atom is 0.258 e. The van der Waals surface area contributed by atoms with Crippen LogP contribution in [0.1, 0.15) is 0 Å². The number of hydrogen-bond donors (Lipinski definition) is 0. The molecule has 2 heterocycles. The molecule has 4 amide bonds. The summed E-state index contributed by atoms with van der Waals surface area (Å²) in [5, 5.41) is 0. The van der Waals surface area contributed by atoms with Crippen LogP contribution in [0.25, 0.3) is 11.1 Å². The van der Waals surface area contributed by atoms with Crippen molar-refractivity contribution < 1.29 is 28.7 Å². The van der Waals surface area contributed by atoms with E-state index in [9.17, 15) is 19.2 Å². The molecular weight excluding hydrogens is 388 g/mol. The van der Waals surface area contributed by atoms with E-state index in [-0.39, 0.29) is 0 Å². The fourth-order valence-corrected chi connectivity index (χ4v) is 3.36. The van der Waals surface area contributed by atoms with Gasteiger partial charge in [-0.25, -0.2) is 9.80 Å². The highest BCUT2D eigenvalue weighted by molar-refractivity contribution is 6.29. The minimum atomic E-state index is -0.439. The van der Waals surface area contributed by atoms with Gasteiger partial charge in [-0.15, -0.1) is 0 Å². The second-order valence-electron chi connectivity index (χ2n) is 6.46. The van der Waals surface area contributed by atoms with Crippen LogP contribution in [-0.2, 0) is 19.2 Å². The summed E-state index contributed by atoms with van der Waals surface area (Å²) in [5.74, 6) is -1.07. The Hall–Kier alpha value is -4.20. The largest absolute Gasteiger partial charge is 0.495 e. The number of anilines is 2. The van der Waals surface area contributed by atoms with Crippen molar-refractivity contribution in [3.8, 4) is 22.6 Å². The average Bonchev–Trinajstić information content (AvgIpc) is 3.27. The Labute approximate surface area is 171 Å². The van der Waals surface area contributed by atoms with E-state index in [1.54, 1.807) is 36.4 Å². The fourth-order valence-electron chi connectivity index (χ4n) is 3.36. The van der Waals surface area contributed by atoms with Gasteiger partial charge in [-0.05, 0) is 35.4 Å². The zero-order valence-corrected chi connectivity index (χ0v) is 16.1. The van der Waals surface area contributed by atoms with E-state index in [0.29, 0.717) is 22.9 Å². The summed E-state index contributed by atoms with van der Waals surface area (Å²) in [5.41, 5.74) is 2.13. The van der Waals surface area contributed by atoms with Crippen molar-refractivity contribution in [2.45, 2.75) is 0 Å². The number of ether oxygens (including phenoxy) is 2. The van der Waals surface area contributed by atoms with E-state index >= 15 is 0 Å². The Morgan fingerprint density at radius 2 is 0.900 bits per heavy atom. The molecule has 150 valence electrons. The predicted molar refractivity (Wildman–Crippen MR) is 108 cm³/mol. The van der Waals surface area contributed by atoms with Gasteiger partial charge < -0.3 is 9.47 Å². The molecule has 0 aliphatic carbocycles. The number of hydrogen-bond acceptors (Lipinski definition) is 6. The van der Waals surface area contributed by atoms with Gasteiger partial charge in [-0.3, -0.25) is 19.2 Å². The first kappa shape index (κ1) is 19.1. The third-order valence-corrected chi connectivity index (χ3v) is 4.79. The van der Waals surface area contributed by atoms with Crippen LogP contribution in [0.4, 0.5) is 11.4 Å². The summed E-state index contributed by atoms with van der Waals surface area (Å²) in [7, 11) is 2.89. The van der Waals surface area contributed by atoms with Crippen LogP contribution >= 0.6 is 0 Å². The van der Waals surface area contributed by atoms with Crippen LogP contribution in [-0.4, -0.2) is 37.8 Å². The molecule has 0 N–H and O–H groups in total. The molecule has 0 spiro atoms. The van der Waals surface area contributed by atoms with Crippen molar-refractivity contribution in [3.63, 3.8) is 0 Å². The number of carbonyl (C=O) groups excluding carboxylic acids is 4. The molecule has 0 unspecified atom stereocenters. The SMILES string of the molecule is COc1cc(-c2ccc(N3C(=O)C=CC3=O)c(OC)c2)ccc1N1C(=O)C=CC1=O. The van der Waals surface area contributed by atoms with Gasteiger partial charge in [0.15, 0.2) is 0 Å². The highest BCUT2D eigenvalue weighted by atomic mass is 16.5. The third-order valence-electron chi connectivity index (χ3n) is 4.79. The topological polar surface area (TPSA) is 93.2 Å². The Morgan fingerprint density at radius 3 is 1.20 bits per heavy atom. The van der Waals surface area contributed by atoms with Crippen LogP contribution in [0.3, 0.4) is 0 Å². The Bertz CT molecular complexity index is 1040. The summed E-state index contributed by atoms with van der Waals surface area (Å²) in [6.45, 7) is 0. The third kappa shape index (κ3) is 3.04. The smallest absolute Gasteiger partial charge is 0.258 e. The maximum atomic E-state index is 12.0. The Morgan fingerprint density at radius 1 is 0.567 bits per heavy atom. The summed E-state index contributed by atoms with van der Waals surface area (Å²) < 4.78 is 10.8. The highest BCUT2D eigenvalue weighted by Gasteiger charge is 2.29. The molecular formula is C22H16N2O6. The first-order chi connectivity index (χ1) is 14.4. The molecule has 8 heteroatoms. The predicted octanol–water partition coefficient (Wildman–Crippen LogP) is 2.23. The standard InChI is InChI=1S/C22H16N2O6/c1-29-17-11-13(3-5-15(17)23-19(25)7-8-20(23)26)14-4-6-16(18(12-14)30-2)24-21(27)9-10-22(24)28/h3-12H,1-2H3. The van der Waals surface area contributed by atoms with E-state index in [0.717, 1.165) is 20.9 Å². The number of benzene rings is 2. The van der Waals surface area contributed by atoms with Crippen molar-refractivity contribution in [1.29, 1.82) is 0 Å². The van der Waals surface area contributed by atoms with Gasteiger partial charge in [0, 0.05) is 24.3 Å². The molecule has 0 fully saturated rings. The minimum Gasteiger partial charge on any atom is -0.495 e. The molecule has 0 radical (unpaired) electrons. The molecule has 4 rings (SSSR count). The number of amides is 4. The lowest BCUT2D eigenvalue weighted by Crippen LogP contribution is -2.30. The Balaban J connectivity index is 1.72. The zero-order valence-electron chi connectivity index (χ0n) is 16.1. The van der Waals surface area contributed by atoms with Crippen molar-refractivity contribution >= 4 is 35.0 Å². The van der Waals surface area contributed by atoms with Crippen LogP contribution in [0.15, 0.2) is 60.7 Å². The van der Waals surface area contributed by atoms with E-state index in [1.165, 1.54) is 38.5 Å². The van der Waals surface area contributed by atoms with Gasteiger partial charge in [0.05, 0.1) is 25.6 Å². The molecule has 2 aromatic rings. The van der Waals surface area contributed by atoms with E-state index in [1.807, 2.05) is 0 Å². The van der Waals surface area contributed by atoms with Gasteiger partial charge in [0.1, 0.15) is 11.5 Å². The lowest BCUT2D eigenvalue weighted by Gasteiger charge is -2.20. The van der Waals surface area contributed by atoms with E-state index < -0.39 is 23.6 Å². The summed E-state index contributed by atoms with van der Waals surface area (Å²) in [6.07, 6.45) is 4.81. The van der Waals surface area contributed by atoms with Gasteiger partial charge in [0.25, 0.3) is 23.6 Å². The zero-order chi connectivity index (χ0) is 21.4. The lowest BCUT2D eigenvalue weighted by molar-refractivity contribution is -0.121. The molecule has 2 aromatic carbocycles. The minimum absolute atomic E-state index is 0.337. The number of nitrogens with zero attached hydrogens (tertiary/aromatic N) is 2. The molecule has 2 aliphatic rings. The molecule has 0 bridgehead atoms. The number of methoxy groups -OCH3 is 2. The quantitative estimate of drug-likeness (QED) is 0.710. The van der Waals surface area contributed by atoms with E-state index in [2.05, 4.69) is 0 Å². The molecule has 0 saturated carbocycles. The van der Waals surface area contributed by atoms with Gasteiger partial charge in [-0.1, -0.05) is 12.1 Å². The molecule has 30 heavy (non-hydrogen) atoms. The van der Waals surface area contributed by atoms with Gasteiger partial charge in [-0.2, -0.15) is 0 Å². The number of rotatable bonds is 5. The van der Waals surface area contributed by atoms with E-state index in [4.69, 9.17) is 9.47 Å². The molecule has 8 nitrogen and oxygen atoms in total. The van der Waals surface area contributed by atoms with Crippen molar-refractivity contribution in [1.82, 2.24) is 0 Å². The normalized spacial score (nSPS) is 15.5. The summed E-state index contributed by atoms with van der Waals surface area (Å²) in [4.78, 5) is 50.0. The molecule has 0 saturated heterocycles. The number of imide groups is 2. The first-order valence-electron chi connectivity index (χ1n) is 8.93. The average molecular weight is 404 g/mol. The van der Waals surface area contributed by atoms with Crippen molar-refractivity contribution in [2.75, 3.05) is 24.0 Å². The van der Waals surface area contributed by atoms with Crippen LogP contribution in [0.5, 0.6) is 11.5 Å².